The summed E-state index contributed by atoms with van der Waals surface area (Å²) in [6.07, 6.45) is 0. The third kappa shape index (κ3) is 2.34. The molecule has 0 unspecified atom stereocenters. The maximum absolute atomic E-state index is 12.8. The second kappa shape index (κ2) is 5.43. The van der Waals surface area contributed by atoms with Gasteiger partial charge in [-0.05, 0) is 43.2 Å². The molecule has 0 amide bonds. The lowest BCUT2D eigenvalue weighted by Gasteiger charge is -2.17. The molecule has 0 bridgehead atoms. The van der Waals surface area contributed by atoms with Crippen molar-refractivity contribution in [2.24, 2.45) is 0 Å². The molecule has 0 atom stereocenters. The highest BCUT2D eigenvalue weighted by Crippen LogP contribution is 2.30. The number of pyridine rings is 1. The van der Waals surface area contributed by atoms with Crippen molar-refractivity contribution < 1.29 is 14.6 Å². The second-order valence-electron chi connectivity index (χ2n) is 5.64. The normalized spacial score (nSPS) is 11.1. The topological polar surface area (TPSA) is 68.5 Å². The summed E-state index contributed by atoms with van der Waals surface area (Å²) >= 11 is 0. The Morgan fingerprint density at radius 3 is 2.52 bits per heavy atom. The predicted molar refractivity (Wildman–Crippen MR) is 89.4 cm³/mol. The molecule has 118 valence electrons. The number of aromatic nitrogens is 1. The number of hydrogen-bond donors (Lipinski definition) is 1. The van der Waals surface area contributed by atoms with E-state index in [2.05, 4.69) is 0 Å². The monoisotopic (exact) mass is 311 g/mol. The molecule has 0 aliphatic heterocycles. The first-order chi connectivity index (χ1) is 10.9. The van der Waals surface area contributed by atoms with E-state index in [9.17, 15) is 14.7 Å². The summed E-state index contributed by atoms with van der Waals surface area (Å²) in [7, 11) is 1.53. The zero-order valence-electron chi connectivity index (χ0n) is 13.2. The molecule has 5 nitrogen and oxygen atoms in total. The van der Waals surface area contributed by atoms with Crippen molar-refractivity contribution in [2.75, 3.05) is 7.11 Å². The standard InChI is InChI=1S/C18H17NO4/c1-10-4-6-12-14(8-10)19(9-15(20)21)16-13(17(12)22)7-5-11(2)18(16)23-3/h4-8H,9H2,1-3H3,(H,20,21). The Morgan fingerprint density at radius 1 is 1.17 bits per heavy atom. The van der Waals surface area contributed by atoms with E-state index < -0.39 is 5.97 Å². The average molecular weight is 311 g/mol. The lowest BCUT2D eigenvalue weighted by molar-refractivity contribution is -0.137. The highest BCUT2D eigenvalue weighted by molar-refractivity contribution is 5.98. The van der Waals surface area contributed by atoms with Crippen molar-refractivity contribution in [3.63, 3.8) is 0 Å². The van der Waals surface area contributed by atoms with Crippen molar-refractivity contribution in [1.82, 2.24) is 4.57 Å². The summed E-state index contributed by atoms with van der Waals surface area (Å²) in [6.45, 7) is 3.54. The Hall–Kier alpha value is -2.82. The third-order valence-corrected chi connectivity index (χ3v) is 4.03. The number of nitrogens with zero attached hydrogens (tertiary/aromatic N) is 1. The van der Waals surface area contributed by atoms with Crippen LogP contribution in [0.1, 0.15) is 11.1 Å². The number of benzene rings is 2. The SMILES string of the molecule is COc1c(C)ccc2c(=O)c3ccc(C)cc3n(CC(=O)O)c12. The fourth-order valence-corrected chi connectivity index (χ4v) is 3.00. The minimum Gasteiger partial charge on any atom is -0.494 e. The van der Waals surface area contributed by atoms with Crippen LogP contribution >= 0.6 is 0 Å². The van der Waals surface area contributed by atoms with Crippen LogP contribution in [0.4, 0.5) is 0 Å². The van der Waals surface area contributed by atoms with Gasteiger partial charge in [0.25, 0.3) is 0 Å². The van der Waals surface area contributed by atoms with Gasteiger partial charge in [0.15, 0.2) is 5.43 Å². The van der Waals surface area contributed by atoms with Crippen molar-refractivity contribution in [3.05, 3.63) is 51.7 Å². The molecular weight excluding hydrogens is 294 g/mol. The van der Waals surface area contributed by atoms with E-state index in [1.807, 2.05) is 32.0 Å². The Morgan fingerprint density at radius 2 is 1.87 bits per heavy atom. The van der Waals surface area contributed by atoms with Gasteiger partial charge in [0.05, 0.1) is 23.5 Å². The van der Waals surface area contributed by atoms with Gasteiger partial charge < -0.3 is 14.4 Å². The van der Waals surface area contributed by atoms with Crippen molar-refractivity contribution in [3.8, 4) is 5.75 Å². The van der Waals surface area contributed by atoms with Gasteiger partial charge in [-0.2, -0.15) is 0 Å². The van der Waals surface area contributed by atoms with Crippen LogP contribution in [0.25, 0.3) is 21.8 Å². The molecule has 0 radical (unpaired) electrons. The third-order valence-electron chi connectivity index (χ3n) is 4.03. The molecule has 2 aromatic carbocycles. The zero-order chi connectivity index (χ0) is 16.7. The summed E-state index contributed by atoms with van der Waals surface area (Å²) < 4.78 is 7.11. The highest BCUT2D eigenvalue weighted by atomic mass is 16.5. The minimum absolute atomic E-state index is 0.116. The molecule has 5 heteroatoms. The van der Waals surface area contributed by atoms with Crippen LogP contribution < -0.4 is 10.2 Å². The molecule has 0 saturated carbocycles. The first-order valence-corrected chi connectivity index (χ1v) is 7.26. The van der Waals surface area contributed by atoms with Crippen LogP contribution in [0.3, 0.4) is 0 Å². The number of carboxylic acid groups (broad SMARTS) is 1. The minimum atomic E-state index is -0.971. The van der Waals surface area contributed by atoms with Crippen LogP contribution in [0, 0.1) is 13.8 Å². The fraction of sp³-hybridized carbons (Fsp3) is 0.222. The molecule has 0 aliphatic rings. The van der Waals surface area contributed by atoms with Gasteiger partial charge in [0.2, 0.25) is 0 Å². The smallest absolute Gasteiger partial charge is 0.323 e. The number of aryl methyl sites for hydroxylation is 2. The maximum Gasteiger partial charge on any atom is 0.323 e. The Kier molecular flexibility index (Phi) is 3.56. The van der Waals surface area contributed by atoms with E-state index in [4.69, 9.17) is 4.74 Å². The van der Waals surface area contributed by atoms with Crippen molar-refractivity contribution in [2.45, 2.75) is 20.4 Å². The van der Waals surface area contributed by atoms with Crippen molar-refractivity contribution in [1.29, 1.82) is 0 Å². The van der Waals surface area contributed by atoms with E-state index in [1.165, 1.54) is 7.11 Å². The van der Waals surface area contributed by atoms with Gasteiger partial charge in [-0.25, -0.2) is 0 Å². The van der Waals surface area contributed by atoms with Gasteiger partial charge >= 0.3 is 5.97 Å². The molecule has 3 rings (SSSR count). The first-order valence-electron chi connectivity index (χ1n) is 7.26. The number of ether oxygens (including phenoxy) is 1. The molecule has 23 heavy (non-hydrogen) atoms. The molecule has 1 aromatic heterocycles. The van der Waals surface area contributed by atoms with Gasteiger partial charge in [-0.1, -0.05) is 12.1 Å². The van der Waals surface area contributed by atoms with Crippen LogP contribution in [0.2, 0.25) is 0 Å². The summed E-state index contributed by atoms with van der Waals surface area (Å²) in [4.78, 5) is 24.2. The van der Waals surface area contributed by atoms with E-state index in [-0.39, 0.29) is 12.0 Å². The largest absolute Gasteiger partial charge is 0.494 e. The summed E-state index contributed by atoms with van der Waals surface area (Å²) in [6, 6.07) is 8.98. The first kappa shape index (κ1) is 15.1. The van der Waals surface area contributed by atoms with Gasteiger partial charge in [0.1, 0.15) is 12.3 Å². The number of hydrogen-bond acceptors (Lipinski definition) is 3. The summed E-state index contributed by atoms with van der Waals surface area (Å²) in [5, 5.41) is 10.3. The molecule has 1 N–H and O–H groups in total. The lowest BCUT2D eigenvalue weighted by atomic mass is 10.0. The molecular formula is C18H17NO4. The molecule has 0 aliphatic carbocycles. The number of carbonyl (C=O) groups is 1. The molecule has 3 aromatic rings. The fourth-order valence-electron chi connectivity index (χ4n) is 3.00. The molecule has 0 spiro atoms. The number of fused-ring (bicyclic) bond motifs is 2. The Balaban J connectivity index is 2.64. The highest BCUT2D eigenvalue weighted by Gasteiger charge is 2.17. The Bertz CT molecular complexity index is 1000. The van der Waals surface area contributed by atoms with Gasteiger partial charge in [0, 0.05) is 5.39 Å². The van der Waals surface area contributed by atoms with Crippen LogP contribution in [-0.4, -0.2) is 22.8 Å². The van der Waals surface area contributed by atoms with Crippen LogP contribution in [0.5, 0.6) is 5.75 Å². The van der Waals surface area contributed by atoms with E-state index >= 15 is 0 Å². The Labute approximate surface area is 132 Å². The number of rotatable bonds is 3. The van der Waals surface area contributed by atoms with E-state index in [0.717, 1.165) is 11.1 Å². The van der Waals surface area contributed by atoms with Crippen LogP contribution in [0.15, 0.2) is 35.1 Å². The maximum atomic E-state index is 12.8. The second-order valence-corrected chi connectivity index (χ2v) is 5.64. The van der Waals surface area contributed by atoms with Crippen molar-refractivity contribution >= 4 is 27.8 Å². The van der Waals surface area contributed by atoms with Gasteiger partial charge in [-0.15, -0.1) is 0 Å². The zero-order valence-corrected chi connectivity index (χ0v) is 13.2. The van der Waals surface area contributed by atoms with Gasteiger partial charge in [-0.3, -0.25) is 9.59 Å². The number of aliphatic carboxylic acids is 1. The average Bonchev–Trinajstić information content (AvgIpc) is 2.50. The number of carboxylic acids is 1. The predicted octanol–water partition coefficient (Wildman–Crippen LogP) is 2.86. The summed E-state index contributed by atoms with van der Waals surface area (Å²) in [5.41, 5.74) is 2.83. The quantitative estimate of drug-likeness (QED) is 0.755. The summed E-state index contributed by atoms with van der Waals surface area (Å²) in [5.74, 6) is -0.439. The molecule has 0 saturated heterocycles. The molecule has 0 fully saturated rings. The van der Waals surface area contributed by atoms with E-state index in [1.54, 1.807) is 16.7 Å². The number of methoxy groups -OCH3 is 1. The van der Waals surface area contributed by atoms with Crippen LogP contribution in [-0.2, 0) is 11.3 Å². The molecule has 1 heterocycles. The van der Waals surface area contributed by atoms with E-state index in [0.29, 0.717) is 27.6 Å². The lowest BCUT2D eigenvalue weighted by Crippen LogP contribution is -2.17.